The Hall–Kier alpha value is -1.89. The minimum Gasteiger partial charge on any atom is -0.321 e. The van der Waals surface area contributed by atoms with Crippen LogP contribution in [0.4, 0.5) is 5.69 Å². The lowest BCUT2D eigenvalue weighted by Gasteiger charge is -2.06. The lowest BCUT2D eigenvalue weighted by atomic mass is 10.2. The molecule has 0 aliphatic rings. The summed E-state index contributed by atoms with van der Waals surface area (Å²) in [6, 6.07) is 13.1. The highest BCUT2D eigenvalue weighted by Gasteiger charge is 2.08. The van der Waals surface area contributed by atoms with Gasteiger partial charge in [0, 0.05) is 14.5 Å². The van der Waals surface area contributed by atoms with Crippen molar-refractivity contribution in [3.05, 3.63) is 57.8 Å². The van der Waals surface area contributed by atoms with Gasteiger partial charge in [0.2, 0.25) is 0 Å². The van der Waals surface area contributed by atoms with Crippen LogP contribution in [0.15, 0.2) is 48.7 Å². The first kappa shape index (κ1) is 12.2. The average Bonchev–Trinajstić information content (AvgIpc) is 2.89. The van der Waals surface area contributed by atoms with Gasteiger partial charge < -0.3 is 5.32 Å². The first-order valence-corrected chi connectivity index (χ1v) is 6.81. The molecule has 0 unspecified atom stereocenters. The van der Waals surface area contributed by atoms with E-state index in [0.717, 1.165) is 20.2 Å². The lowest BCUT2D eigenvalue weighted by Crippen LogP contribution is -2.11. The predicted molar refractivity (Wildman–Crippen MR) is 83.2 cm³/mol. The second kappa shape index (κ2) is 5.00. The van der Waals surface area contributed by atoms with Crippen molar-refractivity contribution in [1.82, 2.24) is 10.2 Å². The molecule has 19 heavy (non-hydrogen) atoms. The number of hydrogen-bond donors (Lipinski definition) is 2. The third kappa shape index (κ3) is 2.46. The van der Waals surface area contributed by atoms with E-state index in [1.807, 2.05) is 42.5 Å². The number of nitrogens with one attached hydrogen (secondary N) is 2. The van der Waals surface area contributed by atoms with Crippen LogP contribution in [0.1, 0.15) is 10.4 Å². The van der Waals surface area contributed by atoms with Crippen LogP contribution >= 0.6 is 22.6 Å². The molecule has 0 fully saturated rings. The lowest BCUT2D eigenvalue weighted by molar-refractivity contribution is 0.102. The molecule has 94 valence electrons. The molecule has 1 heterocycles. The second-order valence-corrected chi connectivity index (χ2v) is 5.34. The number of halogens is 1. The third-order valence-electron chi connectivity index (χ3n) is 2.84. The number of fused-ring (bicyclic) bond motifs is 1. The summed E-state index contributed by atoms with van der Waals surface area (Å²) in [5.74, 6) is -0.120. The average molecular weight is 363 g/mol. The van der Waals surface area contributed by atoms with Crippen LogP contribution < -0.4 is 5.32 Å². The largest absolute Gasteiger partial charge is 0.321 e. The van der Waals surface area contributed by atoms with Gasteiger partial charge in [-0.25, -0.2) is 0 Å². The van der Waals surface area contributed by atoms with Gasteiger partial charge in [0.15, 0.2) is 0 Å². The number of amides is 1. The van der Waals surface area contributed by atoms with Crippen LogP contribution in [0.5, 0.6) is 0 Å². The molecule has 2 N–H and O–H groups in total. The Morgan fingerprint density at radius 2 is 1.95 bits per heavy atom. The summed E-state index contributed by atoms with van der Waals surface area (Å²) in [5.41, 5.74) is 2.30. The Morgan fingerprint density at radius 3 is 2.74 bits per heavy atom. The summed E-state index contributed by atoms with van der Waals surface area (Å²) >= 11 is 2.21. The number of nitrogens with zero attached hydrogens (tertiary/aromatic N) is 1. The Balaban J connectivity index is 1.90. The minimum atomic E-state index is -0.120. The molecule has 2 aromatic carbocycles. The Labute approximate surface area is 123 Å². The molecule has 0 saturated carbocycles. The zero-order valence-electron chi connectivity index (χ0n) is 9.85. The monoisotopic (exact) mass is 363 g/mol. The number of aromatic nitrogens is 2. The van der Waals surface area contributed by atoms with Gasteiger partial charge in [-0.05, 0) is 59.0 Å². The molecule has 1 aromatic heterocycles. The molecule has 0 aliphatic carbocycles. The normalized spacial score (nSPS) is 10.6. The number of hydrogen-bond acceptors (Lipinski definition) is 2. The number of benzene rings is 2. The minimum absolute atomic E-state index is 0.120. The molecule has 0 radical (unpaired) electrons. The van der Waals surface area contributed by atoms with E-state index in [1.165, 1.54) is 0 Å². The van der Waals surface area contributed by atoms with Crippen molar-refractivity contribution < 1.29 is 4.79 Å². The fourth-order valence-corrected chi connectivity index (χ4v) is 2.23. The number of H-pyrrole nitrogens is 1. The van der Waals surface area contributed by atoms with Crippen molar-refractivity contribution in [3.8, 4) is 0 Å². The standard InChI is InChI=1S/C14H10IN3O/c15-10-6-4-9(5-7-10)14(19)17-12-2-1-3-13-11(12)8-16-18-13/h1-8H,(H,16,18)(H,17,19). The van der Waals surface area contributed by atoms with Crippen LogP contribution in [0.3, 0.4) is 0 Å². The van der Waals surface area contributed by atoms with Gasteiger partial charge in [-0.3, -0.25) is 9.89 Å². The van der Waals surface area contributed by atoms with Crippen molar-refractivity contribution >= 4 is 45.1 Å². The number of rotatable bonds is 2. The van der Waals surface area contributed by atoms with E-state index >= 15 is 0 Å². The maximum Gasteiger partial charge on any atom is 0.255 e. The summed E-state index contributed by atoms with van der Waals surface area (Å²) < 4.78 is 1.10. The van der Waals surface area contributed by atoms with Gasteiger partial charge in [0.25, 0.3) is 5.91 Å². The third-order valence-corrected chi connectivity index (χ3v) is 3.56. The van der Waals surface area contributed by atoms with Crippen molar-refractivity contribution in [3.63, 3.8) is 0 Å². The highest BCUT2D eigenvalue weighted by molar-refractivity contribution is 14.1. The quantitative estimate of drug-likeness (QED) is 0.686. The number of carbonyl (C=O) groups is 1. The van der Waals surface area contributed by atoms with Crippen molar-refractivity contribution in [2.24, 2.45) is 0 Å². The van der Waals surface area contributed by atoms with Crippen LogP contribution in [0, 0.1) is 3.57 Å². The molecule has 1 amide bonds. The Morgan fingerprint density at radius 1 is 1.16 bits per heavy atom. The van der Waals surface area contributed by atoms with Crippen LogP contribution in [0.2, 0.25) is 0 Å². The molecule has 3 aromatic rings. The molecular weight excluding hydrogens is 353 g/mol. The zero-order chi connectivity index (χ0) is 13.2. The SMILES string of the molecule is O=C(Nc1cccc2[nH]ncc12)c1ccc(I)cc1. The van der Waals surface area contributed by atoms with Crippen LogP contribution in [-0.4, -0.2) is 16.1 Å². The van der Waals surface area contributed by atoms with Gasteiger partial charge in [-0.1, -0.05) is 6.07 Å². The molecular formula is C14H10IN3O. The summed E-state index contributed by atoms with van der Waals surface area (Å²) in [4.78, 5) is 12.1. The van der Waals surface area contributed by atoms with Crippen molar-refractivity contribution in [1.29, 1.82) is 0 Å². The van der Waals surface area contributed by atoms with Crippen LogP contribution in [0.25, 0.3) is 10.9 Å². The molecule has 0 spiro atoms. The maximum absolute atomic E-state index is 12.1. The first-order valence-electron chi connectivity index (χ1n) is 5.73. The zero-order valence-corrected chi connectivity index (χ0v) is 12.0. The summed E-state index contributed by atoms with van der Waals surface area (Å²) in [6.07, 6.45) is 1.71. The fraction of sp³-hybridized carbons (Fsp3) is 0. The molecule has 0 saturated heterocycles. The fourth-order valence-electron chi connectivity index (χ4n) is 1.87. The summed E-state index contributed by atoms with van der Waals surface area (Å²) in [5, 5.41) is 10.7. The maximum atomic E-state index is 12.1. The van der Waals surface area contributed by atoms with E-state index in [-0.39, 0.29) is 5.91 Å². The molecule has 3 rings (SSSR count). The van der Waals surface area contributed by atoms with Gasteiger partial charge in [-0.15, -0.1) is 0 Å². The number of anilines is 1. The van der Waals surface area contributed by atoms with Crippen molar-refractivity contribution in [2.45, 2.75) is 0 Å². The predicted octanol–water partition coefficient (Wildman–Crippen LogP) is 3.42. The summed E-state index contributed by atoms with van der Waals surface area (Å²) in [6.45, 7) is 0. The van der Waals surface area contributed by atoms with E-state index in [4.69, 9.17) is 0 Å². The molecule has 0 atom stereocenters. The summed E-state index contributed by atoms with van der Waals surface area (Å²) in [7, 11) is 0. The van der Waals surface area contributed by atoms with E-state index in [0.29, 0.717) is 5.56 Å². The van der Waals surface area contributed by atoms with Gasteiger partial charge >= 0.3 is 0 Å². The Bertz CT molecular complexity index is 734. The topological polar surface area (TPSA) is 57.8 Å². The first-order chi connectivity index (χ1) is 9.24. The van der Waals surface area contributed by atoms with Crippen LogP contribution in [-0.2, 0) is 0 Å². The van der Waals surface area contributed by atoms with E-state index in [9.17, 15) is 4.79 Å². The van der Waals surface area contributed by atoms with E-state index in [2.05, 4.69) is 38.1 Å². The molecule has 0 bridgehead atoms. The molecule has 0 aliphatic heterocycles. The smallest absolute Gasteiger partial charge is 0.255 e. The molecule has 5 heteroatoms. The second-order valence-electron chi connectivity index (χ2n) is 4.10. The van der Waals surface area contributed by atoms with E-state index < -0.39 is 0 Å². The molecule has 4 nitrogen and oxygen atoms in total. The highest BCUT2D eigenvalue weighted by Crippen LogP contribution is 2.21. The number of aromatic amines is 1. The highest BCUT2D eigenvalue weighted by atomic mass is 127. The van der Waals surface area contributed by atoms with Gasteiger partial charge in [0.05, 0.1) is 17.4 Å². The Kier molecular flexibility index (Phi) is 3.20. The van der Waals surface area contributed by atoms with Gasteiger partial charge in [-0.2, -0.15) is 5.10 Å². The van der Waals surface area contributed by atoms with Gasteiger partial charge in [0.1, 0.15) is 0 Å². The number of carbonyl (C=O) groups excluding carboxylic acids is 1. The van der Waals surface area contributed by atoms with E-state index in [1.54, 1.807) is 6.20 Å². The van der Waals surface area contributed by atoms with Crippen molar-refractivity contribution in [2.75, 3.05) is 5.32 Å².